The summed E-state index contributed by atoms with van der Waals surface area (Å²) in [5, 5.41) is 8.15. The third kappa shape index (κ3) is 6.60. The summed E-state index contributed by atoms with van der Waals surface area (Å²) < 4.78 is 37.6. The van der Waals surface area contributed by atoms with Gasteiger partial charge in [-0.2, -0.15) is 13.9 Å². The number of alkyl halides is 2. The molecule has 0 atom stereocenters. The van der Waals surface area contributed by atoms with Gasteiger partial charge in [-0.25, -0.2) is 9.48 Å². The molecule has 0 spiro atoms. The summed E-state index contributed by atoms with van der Waals surface area (Å²) in [6, 6.07) is 24.9. The molecule has 0 saturated heterocycles. The van der Waals surface area contributed by atoms with E-state index >= 15 is 0 Å². The highest BCUT2D eigenvalue weighted by Gasteiger charge is 2.16. The number of ether oxygens (including phenoxy) is 1. The van der Waals surface area contributed by atoms with Gasteiger partial charge in [-0.1, -0.05) is 48.2 Å². The molecule has 0 fully saturated rings. The van der Waals surface area contributed by atoms with Gasteiger partial charge in [0.05, 0.1) is 5.69 Å². The third-order valence-corrected chi connectivity index (χ3v) is 6.25. The molecule has 7 nitrogen and oxygen atoms in total. The number of furan rings is 1. The number of hydrogen-bond donors (Lipinski definition) is 1. The second-order valence-corrected chi connectivity index (χ2v) is 9.32. The van der Waals surface area contributed by atoms with Crippen molar-refractivity contribution in [3.8, 4) is 17.1 Å². The van der Waals surface area contributed by atoms with Crippen LogP contribution in [0.3, 0.4) is 0 Å². The molecule has 2 aromatic heterocycles. The van der Waals surface area contributed by atoms with Gasteiger partial charge in [-0.3, -0.25) is 4.79 Å². The number of aromatic nitrogens is 2. The molecule has 1 amide bonds. The third-order valence-electron chi connectivity index (χ3n) is 5.53. The zero-order valence-corrected chi connectivity index (χ0v) is 21.1. The van der Waals surface area contributed by atoms with Crippen molar-refractivity contribution in [2.45, 2.75) is 10.7 Å². The molecule has 39 heavy (non-hydrogen) atoms. The van der Waals surface area contributed by atoms with Crippen LogP contribution in [0.25, 0.3) is 34.2 Å². The van der Waals surface area contributed by atoms with Crippen molar-refractivity contribution in [2.75, 3.05) is 11.9 Å². The number of esters is 1. The number of fused-ring (bicyclic) bond motifs is 1. The second kappa shape index (κ2) is 11.8. The summed E-state index contributed by atoms with van der Waals surface area (Å²) in [4.78, 5) is 24.9. The summed E-state index contributed by atoms with van der Waals surface area (Å²) in [6.07, 6.45) is 4.53. The van der Waals surface area contributed by atoms with Gasteiger partial charge in [0, 0.05) is 33.8 Å². The first-order chi connectivity index (χ1) is 18.9. The zero-order valence-electron chi connectivity index (χ0n) is 20.3. The average Bonchev–Trinajstić information content (AvgIpc) is 3.56. The molecule has 10 heteroatoms. The largest absolute Gasteiger partial charge is 0.454 e. The second-order valence-electron chi connectivity index (χ2n) is 8.25. The van der Waals surface area contributed by atoms with Crippen LogP contribution in [-0.4, -0.2) is 34.0 Å². The van der Waals surface area contributed by atoms with Crippen LogP contribution in [0.15, 0.2) is 107 Å². The van der Waals surface area contributed by atoms with Crippen molar-refractivity contribution in [2.24, 2.45) is 0 Å². The molecular weight excluding hydrogens is 524 g/mol. The maximum atomic E-state index is 12.4. The standard InChI is InChI=1S/C29H21F2N3O4S/c30-29(31)39-23-13-11-21(12-14-23)32-26(35)18-37-27(36)15-10-20-17-34(22-7-2-1-3-8-22)33-28(20)25-16-19-6-4-5-9-24(19)38-25/h1-17,29H,18H2,(H,32,35)/b15-10+. The summed E-state index contributed by atoms with van der Waals surface area (Å²) >= 11 is 0.409. The number of nitrogens with zero attached hydrogens (tertiary/aromatic N) is 2. The minimum atomic E-state index is -2.53. The van der Waals surface area contributed by atoms with Gasteiger partial charge in [0.15, 0.2) is 12.4 Å². The van der Waals surface area contributed by atoms with Gasteiger partial charge in [-0.15, -0.1) is 0 Å². The van der Waals surface area contributed by atoms with Crippen LogP contribution in [0, 0.1) is 0 Å². The molecule has 0 saturated carbocycles. The van der Waals surface area contributed by atoms with Crippen LogP contribution >= 0.6 is 11.8 Å². The Hall–Kier alpha value is -4.70. The summed E-state index contributed by atoms with van der Waals surface area (Å²) in [7, 11) is 0. The Morgan fingerprint density at radius 1 is 1.03 bits per heavy atom. The molecule has 0 radical (unpaired) electrons. The fraction of sp³-hybridized carbons (Fsp3) is 0.0690. The van der Waals surface area contributed by atoms with Crippen LogP contribution in [0.2, 0.25) is 0 Å². The number of thioether (sulfide) groups is 1. The van der Waals surface area contributed by atoms with Crippen molar-refractivity contribution in [3.05, 3.63) is 103 Å². The van der Waals surface area contributed by atoms with E-state index in [1.54, 1.807) is 17.0 Å². The van der Waals surface area contributed by atoms with Crippen LogP contribution in [-0.2, 0) is 14.3 Å². The number of carbonyl (C=O) groups is 2. The normalized spacial score (nSPS) is 11.4. The van der Waals surface area contributed by atoms with E-state index in [1.165, 1.54) is 30.3 Å². The molecule has 0 aliphatic carbocycles. The van der Waals surface area contributed by atoms with E-state index in [1.807, 2.05) is 60.7 Å². The number of halogens is 2. The molecular formula is C29H21F2N3O4S. The predicted molar refractivity (Wildman–Crippen MR) is 146 cm³/mol. The quantitative estimate of drug-likeness (QED) is 0.125. The summed E-state index contributed by atoms with van der Waals surface area (Å²) in [5.41, 5.74) is 3.08. The van der Waals surface area contributed by atoms with Crippen LogP contribution in [0.4, 0.5) is 14.5 Å². The first-order valence-corrected chi connectivity index (χ1v) is 12.7. The smallest absolute Gasteiger partial charge is 0.331 e. The van der Waals surface area contributed by atoms with E-state index in [-0.39, 0.29) is 0 Å². The Kier molecular flexibility index (Phi) is 7.83. The molecule has 2 heterocycles. The Labute approximate surface area is 226 Å². The summed E-state index contributed by atoms with van der Waals surface area (Å²) in [6.45, 7) is -0.517. The fourth-order valence-corrected chi connectivity index (χ4v) is 4.27. The molecule has 0 aliphatic heterocycles. The molecule has 5 aromatic rings. The lowest BCUT2D eigenvalue weighted by atomic mass is 10.2. The molecule has 196 valence electrons. The molecule has 0 unspecified atom stereocenters. The highest BCUT2D eigenvalue weighted by Crippen LogP contribution is 2.30. The minimum Gasteiger partial charge on any atom is -0.454 e. The molecule has 0 aliphatic rings. The maximum absolute atomic E-state index is 12.4. The number of anilines is 1. The number of nitrogens with one attached hydrogen (secondary N) is 1. The van der Waals surface area contributed by atoms with Gasteiger partial charge in [0.25, 0.3) is 11.7 Å². The van der Waals surface area contributed by atoms with Gasteiger partial charge >= 0.3 is 5.97 Å². The SMILES string of the molecule is O=C(COC(=O)/C=C/c1cn(-c2ccccc2)nc1-c1cc2ccccc2o1)Nc1ccc(SC(F)F)cc1. The maximum Gasteiger partial charge on any atom is 0.331 e. The Balaban J connectivity index is 1.27. The first kappa shape index (κ1) is 25.9. The molecule has 0 bridgehead atoms. The monoisotopic (exact) mass is 545 g/mol. The van der Waals surface area contributed by atoms with E-state index in [0.29, 0.717) is 44.9 Å². The lowest BCUT2D eigenvalue weighted by Gasteiger charge is -2.06. The van der Waals surface area contributed by atoms with Crippen LogP contribution in [0.5, 0.6) is 0 Å². The Morgan fingerprint density at radius 2 is 1.77 bits per heavy atom. The van der Waals surface area contributed by atoms with E-state index in [9.17, 15) is 18.4 Å². The van der Waals surface area contributed by atoms with Crippen molar-refractivity contribution in [3.63, 3.8) is 0 Å². The fourth-order valence-electron chi connectivity index (χ4n) is 3.77. The number of amides is 1. The Bertz CT molecular complexity index is 1600. The Morgan fingerprint density at radius 3 is 2.51 bits per heavy atom. The van der Waals surface area contributed by atoms with Crippen LogP contribution in [0.1, 0.15) is 5.56 Å². The molecule has 1 N–H and O–H groups in total. The predicted octanol–water partition coefficient (Wildman–Crippen LogP) is 6.80. The highest BCUT2D eigenvalue weighted by atomic mass is 32.2. The van der Waals surface area contributed by atoms with E-state index in [0.717, 1.165) is 11.1 Å². The lowest BCUT2D eigenvalue weighted by Crippen LogP contribution is -2.20. The molecule has 5 rings (SSSR count). The number of rotatable bonds is 9. The zero-order chi connectivity index (χ0) is 27.2. The average molecular weight is 546 g/mol. The minimum absolute atomic E-state index is 0.372. The van der Waals surface area contributed by atoms with Gasteiger partial charge in [-0.05, 0) is 54.6 Å². The number of benzene rings is 3. The summed E-state index contributed by atoms with van der Waals surface area (Å²) in [5.74, 6) is -3.28. The highest BCUT2D eigenvalue weighted by molar-refractivity contribution is 7.99. The van der Waals surface area contributed by atoms with Gasteiger partial charge in [0.1, 0.15) is 11.3 Å². The van der Waals surface area contributed by atoms with Crippen molar-refractivity contribution in [1.29, 1.82) is 0 Å². The van der Waals surface area contributed by atoms with E-state index in [4.69, 9.17) is 9.15 Å². The van der Waals surface area contributed by atoms with Crippen LogP contribution < -0.4 is 5.32 Å². The first-order valence-electron chi connectivity index (χ1n) is 11.8. The van der Waals surface area contributed by atoms with Gasteiger partial charge in [0.2, 0.25) is 0 Å². The van der Waals surface area contributed by atoms with Crippen molar-refractivity contribution < 1.29 is 27.5 Å². The topological polar surface area (TPSA) is 86.4 Å². The van der Waals surface area contributed by atoms with E-state index in [2.05, 4.69) is 10.4 Å². The van der Waals surface area contributed by atoms with Crippen molar-refractivity contribution >= 4 is 46.4 Å². The number of carbonyl (C=O) groups excluding carboxylic acids is 2. The van der Waals surface area contributed by atoms with E-state index < -0.39 is 24.2 Å². The lowest BCUT2D eigenvalue weighted by molar-refractivity contribution is -0.142. The number of para-hydroxylation sites is 2. The molecule has 3 aromatic carbocycles. The van der Waals surface area contributed by atoms with Crippen molar-refractivity contribution in [1.82, 2.24) is 9.78 Å². The number of hydrogen-bond acceptors (Lipinski definition) is 6. The van der Waals surface area contributed by atoms with Gasteiger partial charge < -0.3 is 14.5 Å².